The van der Waals surface area contributed by atoms with Crippen LogP contribution in [0.5, 0.6) is 5.75 Å². The minimum Gasteiger partial charge on any atom is -0.484 e. The summed E-state index contributed by atoms with van der Waals surface area (Å²) in [7, 11) is 5.29. The van der Waals surface area contributed by atoms with Crippen LogP contribution in [0.4, 0.5) is 0 Å². The number of nitrogens with zero attached hydrogens (tertiary/aromatic N) is 2. The highest BCUT2D eigenvalue weighted by Gasteiger charge is 2.16. The highest BCUT2D eigenvalue weighted by molar-refractivity contribution is 6.30. The lowest BCUT2D eigenvalue weighted by Gasteiger charge is -2.23. The molecular formula is C17H25ClN2O4. The molecule has 0 bridgehead atoms. The van der Waals surface area contributed by atoms with Gasteiger partial charge in [0, 0.05) is 18.1 Å². The Bertz CT molecular complexity index is 520. The van der Waals surface area contributed by atoms with E-state index in [9.17, 15) is 9.59 Å². The number of amides is 1. The lowest BCUT2D eigenvalue weighted by molar-refractivity contribution is -0.142. The summed E-state index contributed by atoms with van der Waals surface area (Å²) in [6.45, 7) is 1.67. The van der Waals surface area contributed by atoms with E-state index in [-0.39, 0.29) is 24.9 Å². The van der Waals surface area contributed by atoms with Crippen molar-refractivity contribution < 1.29 is 19.1 Å². The molecule has 1 aromatic carbocycles. The van der Waals surface area contributed by atoms with Crippen LogP contribution in [0.2, 0.25) is 5.02 Å². The van der Waals surface area contributed by atoms with Crippen LogP contribution in [0.25, 0.3) is 0 Å². The van der Waals surface area contributed by atoms with Crippen molar-refractivity contribution in [3.05, 3.63) is 29.3 Å². The summed E-state index contributed by atoms with van der Waals surface area (Å²) in [6, 6.07) is 6.82. The van der Waals surface area contributed by atoms with Gasteiger partial charge in [-0.2, -0.15) is 0 Å². The van der Waals surface area contributed by atoms with Crippen molar-refractivity contribution in [1.29, 1.82) is 0 Å². The van der Waals surface area contributed by atoms with Gasteiger partial charge in [0.1, 0.15) is 5.75 Å². The summed E-state index contributed by atoms with van der Waals surface area (Å²) in [4.78, 5) is 27.4. The molecule has 0 heterocycles. The Morgan fingerprint density at radius 3 is 2.33 bits per heavy atom. The van der Waals surface area contributed by atoms with Crippen molar-refractivity contribution in [2.24, 2.45) is 0 Å². The van der Waals surface area contributed by atoms with Gasteiger partial charge in [-0.15, -0.1) is 0 Å². The predicted molar refractivity (Wildman–Crippen MR) is 93.3 cm³/mol. The normalized spacial score (nSPS) is 10.5. The fraction of sp³-hybridized carbons (Fsp3) is 0.529. The van der Waals surface area contributed by atoms with Gasteiger partial charge in [0.05, 0.1) is 13.5 Å². The third-order valence-corrected chi connectivity index (χ3v) is 3.63. The summed E-state index contributed by atoms with van der Waals surface area (Å²) in [5.74, 6) is 0.0839. The van der Waals surface area contributed by atoms with Crippen LogP contribution in [0.3, 0.4) is 0 Å². The number of benzene rings is 1. The number of rotatable bonds is 10. The molecule has 0 radical (unpaired) electrons. The number of ether oxygens (including phenoxy) is 2. The summed E-state index contributed by atoms with van der Waals surface area (Å²) < 4.78 is 10.1. The Morgan fingerprint density at radius 1 is 1.08 bits per heavy atom. The van der Waals surface area contributed by atoms with Crippen molar-refractivity contribution in [1.82, 2.24) is 9.80 Å². The monoisotopic (exact) mass is 356 g/mol. The molecule has 7 heteroatoms. The third-order valence-electron chi connectivity index (χ3n) is 3.38. The van der Waals surface area contributed by atoms with Gasteiger partial charge >= 0.3 is 5.97 Å². The SMILES string of the molecule is COC(=O)CCN(CCCN(C)C)C(=O)COc1ccc(Cl)cc1. The number of methoxy groups -OCH3 is 1. The topological polar surface area (TPSA) is 59.1 Å². The van der Waals surface area contributed by atoms with Crippen LogP contribution < -0.4 is 4.74 Å². The minimum atomic E-state index is -0.334. The van der Waals surface area contributed by atoms with Gasteiger partial charge in [-0.25, -0.2) is 0 Å². The summed E-state index contributed by atoms with van der Waals surface area (Å²) in [5.41, 5.74) is 0. The standard InChI is InChI=1S/C17H25ClN2O4/c1-19(2)10-4-11-20(12-9-17(22)23-3)16(21)13-24-15-7-5-14(18)6-8-15/h5-8H,4,9-13H2,1-3H3. The fourth-order valence-corrected chi connectivity index (χ4v) is 2.16. The van der Waals surface area contributed by atoms with Gasteiger partial charge in [0.25, 0.3) is 5.91 Å². The molecule has 1 rings (SSSR count). The second-order valence-electron chi connectivity index (χ2n) is 5.61. The molecule has 0 aliphatic heterocycles. The van der Waals surface area contributed by atoms with Crippen molar-refractivity contribution in [2.75, 3.05) is 47.4 Å². The average molecular weight is 357 g/mol. The van der Waals surface area contributed by atoms with Gasteiger partial charge < -0.3 is 19.3 Å². The first-order valence-electron chi connectivity index (χ1n) is 7.80. The Hall–Kier alpha value is -1.79. The van der Waals surface area contributed by atoms with Crippen LogP contribution in [-0.2, 0) is 14.3 Å². The van der Waals surface area contributed by atoms with Crippen molar-refractivity contribution >= 4 is 23.5 Å². The van der Waals surface area contributed by atoms with E-state index in [1.165, 1.54) is 7.11 Å². The molecule has 24 heavy (non-hydrogen) atoms. The molecule has 0 saturated carbocycles. The van der Waals surface area contributed by atoms with Crippen LogP contribution in [-0.4, -0.2) is 69.1 Å². The zero-order chi connectivity index (χ0) is 17.9. The first kappa shape index (κ1) is 20.3. The molecular weight excluding hydrogens is 332 g/mol. The quantitative estimate of drug-likeness (QED) is 0.601. The van der Waals surface area contributed by atoms with Gasteiger partial charge in [-0.3, -0.25) is 9.59 Å². The molecule has 0 unspecified atom stereocenters. The van der Waals surface area contributed by atoms with E-state index in [2.05, 4.69) is 4.74 Å². The molecule has 0 aliphatic carbocycles. The summed E-state index contributed by atoms with van der Waals surface area (Å²) in [5, 5.41) is 0.608. The number of carbonyl (C=O) groups excluding carboxylic acids is 2. The molecule has 0 aromatic heterocycles. The fourth-order valence-electron chi connectivity index (χ4n) is 2.03. The number of halogens is 1. The molecule has 6 nitrogen and oxygen atoms in total. The maximum absolute atomic E-state index is 12.4. The second-order valence-corrected chi connectivity index (χ2v) is 6.04. The first-order valence-corrected chi connectivity index (χ1v) is 8.18. The van der Waals surface area contributed by atoms with Crippen LogP contribution >= 0.6 is 11.6 Å². The molecule has 0 saturated heterocycles. The number of hydrogen-bond acceptors (Lipinski definition) is 5. The Labute approximate surface area is 148 Å². The van der Waals surface area contributed by atoms with Crippen molar-refractivity contribution in [3.8, 4) is 5.75 Å². The average Bonchev–Trinajstić information content (AvgIpc) is 2.56. The van der Waals surface area contributed by atoms with E-state index >= 15 is 0 Å². The Morgan fingerprint density at radius 2 is 1.75 bits per heavy atom. The highest BCUT2D eigenvalue weighted by Crippen LogP contribution is 2.15. The zero-order valence-corrected chi connectivity index (χ0v) is 15.2. The lowest BCUT2D eigenvalue weighted by Crippen LogP contribution is -2.38. The molecule has 0 spiro atoms. The predicted octanol–water partition coefficient (Wildman–Crippen LogP) is 2.06. The largest absolute Gasteiger partial charge is 0.484 e. The number of hydrogen-bond donors (Lipinski definition) is 0. The molecule has 1 aromatic rings. The molecule has 134 valence electrons. The van der Waals surface area contributed by atoms with Gasteiger partial charge in [0.15, 0.2) is 6.61 Å². The lowest BCUT2D eigenvalue weighted by atomic mass is 10.3. The molecule has 1 amide bonds. The Kier molecular flexibility index (Phi) is 9.19. The van der Waals surface area contributed by atoms with E-state index in [0.717, 1.165) is 13.0 Å². The zero-order valence-electron chi connectivity index (χ0n) is 14.5. The van der Waals surface area contributed by atoms with E-state index in [1.807, 2.05) is 19.0 Å². The molecule has 0 aliphatic rings. The van der Waals surface area contributed by atoms with Crippen LogP contribution in [0.1, 0.15) is 12.8 Å². The maximum atomic E-state index is 12.4. The molecule has 0 fully saturated rings. The maximum Gasteiger partial charge on any atom is 0.307 e. The van der Waals surface area contributed by atoms with Gasteiger partial charge in [0.2, 0.25) is 0 Å². The first-order chi connectivity index (χ1) is 11.4. The summed E-state index contributed by atoms with van der Waals surface area (Å²) in [6.07, 6.45) is 0.992. The highest BCUT2D eigenvalue weighted by atomic mass is 35.5. The van der Waals surface area contributed by atoms with Gasteiger partial charge in [-0.05, 0) is 51.3 Å². The van der Waals surface area contributed by atoms with Gasteiger partial charge in [-0.1, -0.05) is 11.6 Å². The van der Waals surface area contributed by atoms with E-state index < -0.39 is 0 Å². The second kappa shape index (κ2) is 10.9. The van der Waals surface area contributed by atoms with Crippen LogP contribution in [0.15, 0.2) is 24.3 Å². The van der Waals surface area contributed by atoms with Crippen LogP contribution in [0, 0.1) is 0 Å². The smallest absolute Gasteiger partial charge is 0.307 e. The number of esters is 1. The van der Waals surface area contributed by atoms with E-state index in [0.29, 0.717) is 23.9 Å². The van der Waals surface area contributed by atoms with E-state index in [1.54, 1.807) is 29.2 Å². The van der Waals surface area contributed by atoms with E-state index in [4.69, 9.17) is 16.3 Å². The number of carbonyl (C=O) groups is 2. The van der Waals surface area contributed by atoms with Crippen molar-refractivity contribution in [2.45, 2.75) is 12.8 Å². The minimum absolute atomic E-state index is 0.0786. The Balaban J connectivity index is 2.53. The third kappa shape index (κ3) is 8.17. The molecule has 0 atom stereocenters. The van der Waals surface area contributed by atoms with Crippen molar-refractivity contribution in [3.63, 3.8) is 0 Å². The molecule has 0 N–H and O–H groups in total. The summed E-state index contributed by atoms with van der Waals surface area (Å²) >= 11 is 5.81.